The van der Waals surface area contributed by atoms with Gasteiger partial charge in [-0.15, -0.1) is 0 Å². The minimum Gasteiger partial charge on any atom is -0.497 e. The van der Waals surface area contributed by atoms with Crippen molar-refractivity contribution in [3.63, 3.8) is 0 Å². The molecule has 1 aliphatic carbocycles. The quantitative estimate of drug-likeness (QED) is 0.608. The largest absolute Gasteiger partial charge is 0.497 e. The molecule has 1 aliphatic rings. The average Bonchev–Trinajstić information content (AvgIpc) is 2.78. The lowest BCUT2D eigenvalue weighted by atomic mass is 9.98. The summed E-state index contributed by atoms with van der Waals surface area (Å²) in [6, 6.07) is 12.5. The highest BCUT2D eigenvalue weighted by molar-refractivity contribution is 7.67. The standard InChI is InChI=1S/C23H32NO5P/c1-24(2)17-10-13-20(14-11-17)30(26,29-18-8-6-5-7-9-18)23(25)21-16-19(27-3)12-15-22(21)28-4/h10-16,18,23,25H,5-9H2,1-4H3/t23-,30-/m1/s1. The maximum atomic E-state index is 14.4. The lowest BCUT2D eigenvalue weighted by Crippen LogP contribution is -2.22. The van der Waals surface area contributed by atoms with Crippen LogP contribution < -0.4 is 19.7 Å². The van der Waals surface area contributed by atoms with Gasteiger partial charge in [0.15, 0.2) is 5.85 Å². The molecule has 164 valence electrons. The molecule has 3 rings (SSSR count). The van der Waals surface area contributed by atoms with Crippen molar-refractivity contribution >= 4 is 18.4 Å². The second kappa shape index (κ2) is 9.86. The van der Waals surface area contributed by atoms with Crippen LogP contribution in [0.1, 0.15) is 43.5 Å². The van der Waals surface area contributed by atoms with Gasteiger partial charge >= 0.3 is 0 Å². The van der Waals surface area contributed by atoms with E-state index in [4.69, 9.17) is 14.0 Å². The normalized spacial score (nSPS) is 17.8. The molecule has 7 heteroatoms. The zero-order chi connectivity index (χ0) is 21.7. The summed E-state index contributed by atoms with van der Waals surface area (Å²) in [6.07, 6.45) is 4.81. The van der Waals surface area contributed by atoms with Gasteiger partial charge in [-0.1, -0.05) is 19.3 Å². The molecule has 1 fully saturated rings. The fraction of sp³-hybridized carbons (Fsp3) is 0.478. The number of methoxy groups -OCH3 is 2. The van der Waals surface area contributed by atoms with Crippen molar-refractivity contribution in [1.82, 2.24) is 0 Å². The van der Waals surface area contributed by atoms with Crippen molar-refractivity contribution in [1.29, 1.82) is 0 Å². The molecule has 0 unspecified atom stereocenters. The van der Waals surface area contributed by atoms with Crippen LogP contribution in [0.5, 0.6) is 11.5 Å². The Morgan fingerprint density at radius 2 is 1.67 bits per heavy atom. The van der Waals surface area contributed by atoms with Crippen LogP contribution in [0.2, 0.25) is 0 Å². The molecule has 6 nitrogen and oxygen atoms in total. The van der Waals surface area contributed by atoms with Crippen molar-refractivity contribution in [2.75, 3.05) is 33.2 Å². The molecule has 0 saturated heterocycles. The molecule has 1 saturated carbocycles. The van der Waals surface area contributed by atoms with Crippen molar-refractivity contribution in [3.8, 4) is 11.5 Å². The molecular formula is C23H32NO5P. The van der Waals surface area contributed by atoms with Gasteiger partial charge in [-0.25, -0.2) is 0 Å². The number of aliphatic hydroxyl groups excluding tert-OH is 1. The molecular weight excluding hydrogens is 401 g/mol. The summed E-state index contributed by atoms with van der Waals surface area (Å²) < 4.78 is 31.4. The number of rotatable bonds is 8. The van der Waals surface area contributed by atoms with Crippen molar-refractivity contribution in [2.24, 2.45) is 0 Å². The Balaban J connectivity index is 2.05. The first-order chi connectivity index (χ1) is 14.4. The summed E-state index contributed by atoms with van der Waals surface area (Å²) >= 11 is 0. The number of nitrogens with zero attached hydrogens (tertiary/aromatic N) is 1. The molecule has 0 heterocycles. The van der Waals surface area contributed by atoms with E-state index in [9.17, 15) is 9.67 Å². The lowest BCUT2D eigenvalue weighted by molar-refractivity contribution is 0.136. The van der Waals surface area contributed by atoms with E-state index in [1.165, 1.54) is 7.11 Å². The summed E-state index contributed by atoms with van der Waals surface area (Å²) in [7, 11) is 3.30. The van der Waals surface area contributed by atoms with Crippen LogP contribution in [-0.2, 0) is 9.09 Å². The zero-order valence-electron chi connectivity index (χ0n) is 18.2. The van der Waals surface area contributed by atoms with Gasteiger partial charge in [-0.3, -0.25) is 4.57 Å². The first-order valence-corrected chi connectivity index (χ1v) is 12.0. The van der Waals surface area contributed by atoms with Crippen molar-refractivity contribution < 1.29 is 23.7 Å². The molecule has 0 aliphatic heterocycles. The van der Waals surface area contributed by atoms with Crippen LogP contribution in [0, 0.1) is 0 Å². The molecule has 0 radical (unpaired) electrons. The van der Waals surface area contributed by atoms with Crippen LogP contribution >= 0.6 is 7.37 Å². The third kappa shape index (κ3) is 4.83. The third-order valence-electron chi connectivity index (χ3n) is 5.62. The van der Waals surface area contributed by atoms with E-state index >= 15 is 0 Å². The van der Waals surface area contributed by atoms with E-state index in [-0.39, 0.29) is 6.10 Å². The maximum Gasteiger partial charge on any atom is 0.264 e. The highest BCUT2D eigenvalue weighted by atomic mass is 31.2. The summed E-state index contributed by atoms with van der Waals surface area (Å²) in [5.41, 5.74) is 1.38. The Morgan fingerprint density at radius 3 is 2.23 bits per heavy atom. The molecule has 0 spiro atoms. The number of hydrogen-bond acceptors (Lipinski definition) is 6. The maximum absolute atomic E-state index is 14.4. The van der Waals surface area contributed by atoms with Gasteiger partial charge in [0.25, 0.3) is 7.37 Å². The average molecular weight is 433 g/mol. The van der Waals surface area contributed by atoms with E-state index in [2.05, 4.69) is 0 Å². The third-order valence-corrected chi connectivity index (χ3v) is 8.17. The highest BCUT2D eigenvalue weighted by Gasteiger charge is 2.40. The minimum atomic E-state index is -3.67. The van der Waals surface area contributed by atoms with Gasteiger partial charge in [0.05, 0.1) is 20.3 Å². The fourth-order valence-corrected chi connectivity index (χ4v) is 6.14. The number of benzene rings is 2. The Hall–Kier alpha value is -2.01. The Morgan fingerprint density at radius 1 is 1.00 bits per heavy atom. The zero-order valence-corrected chi connectivity index (χ0v) is 19.1. The number of aliphatic hydroxyl groups is 1. The number of ether oxygens (including phenoxy) is 2. The lowest BCUT2D eigenvalue weighted by Gasteiger charge is -2.31. The van der Waals surface area contributed by atoms with Gasteiger partial charge in [0, 0.05) is 30.7 Å². The predicted octanol–water partition coefficient (Wildman–Crippen LogP) is 4.71. The second-order valence-corrected chi connectivity index (χ2v) is 10.3. The van der Waals surface area contributed by atoms with Gasteiger partial charge in [-0.2, -0.15) is 0 Å². The highest BCUT2D eigenvalue weighted by Crippen LogP contribution is 2.61. The van der Waals surface area contributed by atoms with Crippen molar-refractivity contribution in [2.45, 2.75) is 44.1 Å². The molecule has 30 heavy (non-hydrogen) atoms. The van der Waals surface area contributed by atoms with Crippen LogP contribution in [-0.4, -0.2) is 39.5 Å². The number of hydrogen-bond donors (Lipinski definition) is 1. The SMILES string of the molecule is COc1ccc(OC)c([C@H](O)[P@](=O)(OC2CCCCC2)c2ccc(N(C)C)cc2)c1. The van der Waals surface area contributed by atoms with Crippen LogP contribution in [0.4, 0.5) is 5.69 Å². The van der Waals surface area contributed by atoms with Gasteiger partial charge in [0.1, 0.15) is 11.5 Å². The first-order valence-electron chi connectivity index (χ1n) is 10.3. The smallest absolute Gasteiger partial charge is 0.264 e. The van der Waals surface area contributed by atoms with E-state index < -0.39 is 13.2 Å². The van der Waals surface area contributed by atoms with E-state index in [1.807, 2.05) is 31.1 Å². The molecule has 2 aromatic rings. The monoisotopic (exact) mass is 433 g/mol. The predicted molar refractivity (Wildman–Crippen MR) is 120 cm³/mol. The van der Waals surface area contributed by atoms with E-state index in [0.29, 0.717) is 22.4 Å². The molecule has 0 aromatic heterocycles. The van der Waals surface area contributed by atoms with E-state index in [0.717, 1.165) is 37.8 Å². The molecule has 2 atom stereocenters. The Kier molecular flexibility index (Phi) is 7.45. The fourth-order valence-electron chi connectivity index (χ4n) is 3.83. The topological polar surface area (TPSA) is 68.2 Å². The summed E-state index contributed by atoms with van der Waals surface area (Å²) in [6.45, 7) is 0. The molecule has 0 amide bonds. The van der Waals surface area contributed by atoms with Gasteiger partial charge in [-0.05, 0) is 55.3 Å². The Labute approximate surface area is 179 Å². The van der Waals surface area contributed by atoms with Gasteiger partial charge < -0.3 is 24.0 Å². The van der Waals surface area contributed by atoms with Crippen molar-refractivity contribution in [3.05, 3.63) is 48.0 Å². The summed E-state index contributed by atoms with van der Waals surface area (Å²) in [5, 5.41) is 11.9. The summed E-state index contributed by atoms with van der Waals surface area (Å²) in [4.78, 5) is 1.97. The van der Waals surface area contributed by atoms with Gasteiger partial charge in [0.2, 0.25) is 0 Å². The molecule has 2 aromatic carbocycles. The minimum absolute atomic E-state index is 0.135. The molecule has 1 N–H and O–H groups in total. The first kappa shape index (κ1) is 22.7. The van der Waals surface area contributed by atoms with Crippen LogP contribution in [0.25, 0.3) is 0 Å². The second-order valence-electron chi connectivity index (χ2n) is 7.85. The van der Waals surface area contributed by atoms with Crippen LogP contribution in [0.15, 0.2) is 42.5 Å². The van der Waals surface area contributed by atoms with Crippen LogP contribution in [0.3, 0.4) is 0 Å². The summed E-state index contributed by atoms with van der Waals surface area (Å²) in [5.74, 6) is -0.368. The Bertz CT molecular complexity index is 878. The van der Waals surface area contributed by atoms with E-state index in [1.54, 1.807) is 37.4 Å². The number of anilines is 1. The molecule has 0 bridgehead atoms.